The zero-order valence-electron chi connectivity index (χ0n) is 20.8. The molecule has 12 nitrogen and oxygen atoms in total. The Labute approximate surface area is 231 Å². The van der Waals surface area contributed by atoms with E-state index < -0.39 is 0 Å². The predicted octanol–water partition coefficient (Wildman–Crippen LogP) is 4.27. The van der Waals surface area contributed by atoms with Gasteiger partial charge in [0.05, 0.1) is 43.7 Å². The highest BCUT2D eigenvalue weighted by Gasteiger charge is 2.22. The second kappa shape index (κ2) is 11.4. The molecule has 0 aliphatic heterocycles. The molecule has 3 heterocycles. The number of nitrogens with one attached hydrogen (secondary N) is 2. The lowest BCUT2D eigenvalue weighted by Crippen LogP contribution is -2.40. The van der Waals surface area contributed by atoms with Crippen molar-refractivity contribution in [2.24, 2.45) is 7.05 Å². The minimum Gasteiger partial charge on any atom is -0.340 e. The number of hydrogen-bond acceptors (Lipinski definition) is 9. The summed E-state index contributed by atoms with van der Waals surface area (Å²) in [6.45, 7) is 0.945. The average Bonchev–Trinajstić information content (AvgIpc) is 3.21. The van der Waals surface area contributed by atoms with Crippen LogP contribution in [-0.4, -0.2) is 65.9 Å². The van der Waals surface area contributed by atoms with Gasteiger partial charge in [-0.2, -0.15) is 0 Å². The van der Waals surface area contributed by atoms with E-state index in [1.165, 1.54) is 18.7 Å². The number of fused-ring (bicyclic) bond motifs is 1. The van der Waals surface area contributed by atoms with Crippen LogP contribution in [0.2, 0.25) is 5.02 Å². The van der Waals surface area contributed by atoms with Crippen LogP contribution in [0.3, 0.4) is 0 Å². The molecule has 0 saturated carbocycles. The summed E-state index contributed by atoms with van der Waals surface area (Å²) >= 11 is 9.50. The smallest absolute Gasteiger partial charge is 0.249 e. The lowest BCUT2D eigenvalue weighted by molar-refractivity contribution is -0.898. The summed E-state index contributed by atoms with van der Waals surface area (Å²) in [5, 5.41) is 26.1. The number of rotatable bonds is 9. The molecule has 0 bridgehead atoms. The molecule has 1 amide bonds. The van der Waals surface area contributed by atoms with Gasteiger partial charge in [0.25, 0.3) is 0 Å². The van der Waals surface area contributed by atoms with Crippen LogP contribution in [-0.2, 0) is 18.4 Å². The number of halogens is 2. The van der Waals surface area contributed by atoms with E-state index in [1.807, 2.05) is 26.2 Å². The van der Waals surface area contributed by atoms with Gasteiger partial charge in [0.2, 0.25) is 11.7 Å². The molecule has 198 valence electrons. The molecule has 0 saturated heterocycles. The van der Waals surface area contributed by atoms with Gasteiger partial charge in [-0.15, -0.1) is 5.23 Å². The lowest BCUT2D eigenvalue weighted by Gasteiger charge is -2.29. The number of benzene rings is 1. The Balaban J connectivity index is 1.43. The highest BCUT2D eigenvalue weighted by Crippen LogP contribution is 2.29. The van der Waals surface area contributed by atoms with Crippen LogP contribution < -0.4 is 15.9 Å². The fourth-order valence-electron chi connectivity index (χ4n) is 3.71. The Bertz CT molecular complexity index is 1510. The normalized spacial score (nSPS) is 11.8. The van der Waals surface area contributed by atoms with E-state index in [1.54, 1.807) is 36.0 Å². The number of carbonyl (C=O) groups excluding carboxylic acids is 1. The molecule has 0 radical (unpaired) electrons. The quantitative estimate of drug-likeness (QED) is 0.125. The molecule has 38 heavy (non-hydrogen) atoms. The van der Waals surface area contributed by atoms with E-state index in [-0.39, 0.29) is 17.0 Å². The van der Waals surface area contributed by atoms with Crippen molar-refractivity contribution in [3.05, 3.63) is 70.5 Å². The number of aromatic nitrogens is 5. The molecule has 4 N–H and O–H groups in total. The SMILES string of the molecule is Cn1cnc(N(O)O)c1C[N+](C)(C)C/C=C/C(=O)Nc1cc2c(Nc3ccc(Cl)c(Br)c3)ncnc2cn1. The maximum Gasteiger partial charge on any atom is 0.249 e. The molecule has 0 spiro atoms. The number of nitrogens with zero attached hydrogens (tertiary/aromatic N) is 7. The molecule has 4 rings (SSSR count). The second-order valence-corrected chi connectivity index (χ2v) is 10.4. The Morgan fingerprint density at radius 1 is 1.21 bits per heavy atom. The number of pyridine rings is 1. The summed E-state index contributed by atoms with van der Waals surface area (Å²) in [7, 11) is 5.68. The van der Waals surface area contributed by atoms with Crippen molar-refractivity contribution in [3.8, 4) is 0 Å². The van der Waals surface area contributed by atoms with Crippen molar-refractivity contribution in [2.45, 2.75) is 6.54 Å². The summed E-state index contributed by atoms with van der Waals surface area (Å²) in [5.74, 6) is 0.615. The van der Waals surface area contributed by atoms with Crippen molar-refractivity contribution in [2.75, 3.05) is 36.5 Å². The predicted molar refractivity (Wildman–Crippen MR) is 147 cm³/mol. The van der Waals surface area contributed by atoms with Crippen LogP contribution in [0.4, 0.5) is 23.1 Å². The van der Waals surface area contributed by atoms with Gasteiger partial charge in [-0.25, -0.2) is 19.9 Å². The first-order valence-electron chi connectivity index (χ1n) is 11.3. The Hall–Kier alpha value is -3.62. The average molecular weight is 604 g/mol. The van der Waals surface area contributed by atoms with Gasteiger partial charge >= 0.3 is 0 Å². The third-order valence-corrected chi connectivity index (χ3v) is 6.84. The first kappa shape index (κ1) is 27.4. The van der Waals surface area contributed by atoms with Crippen LogP contribution in [0.1, 0.15) is 5.69 Å². The molecule has 14 heteroatoms. The van der Waals surface area contributed by atoms with Crippen molar-refractivity contribution in [3.63, 3.8) is 0 Å². The van der Waals surface area contributed by atoms with Crippen LogP contribution in [0, 0.1) is 0 Å². The van der Waals surface area contributed by atoms with Gasteiger partial charge in [0, 0.05) is 28.7 Å². The number of anilines is 4. The molecular weight excluding hydrogens is 578 g/mol. The standard InChI is InChI=1S/C24H25BrClN9O3/c1-33-14-30-24(34(37)38)20(33)12-35(2,3)8-4-5-22(36)32-21-10-16-19(11-27-21)28-13-29-23(16)31-15-6-7-18(26)17(25)9-15/h4-7,9-11,13-14,37-38H,8,12H2,1-3H3,(H-,27,28,29,31,32,36)/p+1/b5-4+. The maximum absolute atomic E-state index is 12.6. The van der Waals surface area contributed by atoms with Gasteiger partial charge in [0.15, 0.2) is 0 Å². The van der Waals surface area contributed by atoms with Crippen LogP contribution in [0.5, 0.6) is 0 Å². The van der Waals surface area contributed by atoms with Gasteiger partial charge in [0.1, 0.15) is 30.2 Å². The van der Waals surface area contributed by atoms with Crippen LogP contribution in [0.15, 0.2) is 59.7 Å². The number of carbonyl (C=O) groups is 1. The highest BCUT2D eigenvalue weighted by molar-refractivity contribution is 9.10. The first-order valence-corrected chi connectivity index (χ1v) is 12.5. The maximum atomic E-state index is 12.6. The second-order valence-electron chi connectivity index (χ2n) is 9.15. The van der Waals surface area contributed by atoms with Crippen LogP contribution >= 0.6 is 27.5 Å². The number of amides is 1. The number of imidazole rings is 1. The van der Waals surface area contributed by atoms with Crippen molar-refractivity contribution < 1.29 is 19.7 Å². The molecule has 1 aromatic carbocycles. The Kier molecular flexibility index (Phi) is 8.23. The molecule has 0 aliphatic carbocycles. The topological polar surface area (TPSA) is 141 Å². The summed E-state index contributed by atoms with van der Waals surface area (Å²) in [5.41, 5.74) is 2.02. The van der Waals surface area contributed by atoms with Crippen molar-refractivity contribution in [1.82, 2.24) is 24.5 Å². The number of quaternary nitrogens is 1. The third kappa shape index (κ3) is 6.62. The molecule has 4 aromatic rings. The summed E-state index contributed by atoms with van der Waals surface area (Å²) in [6, 6.07) is 7.13. The van der Waals surface area contributed by atoms with Gasteiger partial charge in [-0.05, 0) is 46.3 Å². The zero-order chi connectivity index (χ0) is 27.4. The van der Waals surface area contributed by atoms with E-state index in [2.05, 4.69) is 46.5 Å². The van der Waals surface area contributed by atoms with Crippen LogP contribution in [0.25, 0.3) is 10.9 Å². The lowest BCUT2D eigenvalue weighted by atomic mass is 10.2. The number of aryl methyl sites for hydroxylation is 1. The van der Waals surface area contributed by atoms with E-state index in [0.29, 0.717) is 50.8 Å². The monoisotopic (exact) mass is 602 g/mol. The molecule has 0 aliphatic rings. The van der Waals surface area contributed by atoms with Crippen molar-refractivity contribution >= 4 is 67.5 Å². The van der Waals surface area contributed by atoms with E-state index in [0.717, 1.165) is 10.2 Å². The molecule has 0 unspecified atom stereocenters. The van der Waals surface area contributed by atoms with Gasteiger partial charge in [-0.3, -0.25) is 15.2 Å². The fourth-order valence-corrected chi connectivity index (χ4v) is 4.21. The minimum atomic E-state index is -0.344. The summed E-state index contributed by atoms with van der Waals surface area (Å²) in [6.07, 6.45) is 7.69. The minimum absolute atomic E-state index is 0.00949. The molecule has 3 aromatic heterocycles. The molecule has 0 fully saturated rings. The summed E-state index contributed by atoms with van der Waals surface area (Å²) in [4.78, 5) is 29.5. The largest absolute Gasteiger partial charge is 0.340 e. The Morgan fingerprint density at radius 2 is 2.00 bits per heavy atom. The zero-order valence-corrected chi connectivity index (χ0v) is 23.1. The van der Waals surface area contributed by atoms with Gasteiger partial charge in [-0.1, -0.05) is 11.6 Å². The number of likely N-dealkylation sites (N-methyl/N-ethyl adjacent to an activating group) is 1. The summed E-state index contributed by atoms with van der Waals surface area (Å²) < 4.78 is 2.90. The van der Waals surface area contributed by atoms with Gasteiger partial charge < -0.3 is 19.7 Å². The Morgan fingerprint density at radius 3 is 2.74 bits per heavy atom. The first-order chi connectivity index (χ1) is 18.0. The molecular formula is C24H26BrClN9O3+. The van der Waals surface area contributed by atoms with Crippen molar-refractivity contribution in [1.29, 1.82) is 0 Å². The van der Waals surface area contributed by atoms with E-state index in [9.17, 15) is 15.2 Å². The third-order valence-electron chi connectivity index (χ3n) is 5.63. The highest BCUT2D eigenvalue weighted by atomic mass is 79.9. The van der Waals surface area contributed by atoms with E-state index >= 15 is 0 Å². The fraction of sp³-hybridized carbons (Fsp3) is 0.208. The molecule has 0 atom stereocenters. The van der Waals surface area contributed by atoms with E-state index in [4.69, 9.17) is 11.6 Å². The number of hydrogen-bond donors (Lipinski definition) is 4.